The lowest BCUT2D eigenvalue weighted by atomic mass is 9.73. The fourth-order valence-electron chi connectivity index (χ4n) is 6.84. The van der Waals surface area contributed by atoms with Gasteiger partial charge in [-0.25, -0.2) is 0 Å². The van der Waals surface area contributed by atoms with E-state index < -0.39 is 29.6 Å². The summed E-state index contributed by atoms with van der Waals surface area (Å²) in [6, 6.07) is 5.11. The predicted molar refractivity (Wildman–Crippen MR) is 138 cm³/mol. The molecule has 2 bridgehead atoms. The van der Waals surface area contributed by atoms with Gasteiger partial charge in [0, 0.05) is 18.3 Å². The van der Waals surface area contributed by atoms with Crippen LogP contribution in [0.2, 0.25) is 0 Å². The van der Waals surface area contributed by atoms with Crippen molar-refractivity contribution in [1.82, 2.24) is 10.2 Å². The number of carbonyl (C=O) groups excluding carboxylic acids is 3. The molecule has 3 amide bonds. The second kappa shape index (κ2) is 9.33. The van der Waals surface area contributed by atoms with E-state index in [2.05, 4.69) is 24.5 Å². The van der Waals surface area contributed by atoms with Crippen LogP contribution in [0.15, 0.2) is 30.4 Å². The van der Waals surface area contributed by atoms with Crippen molar-refractivity contribution < 1.29 is 19.1 Å². The van der Waals surface area contributed by atoms with Crippen LogP contribution < -0.4 is 10.6 Å². The molecule has 194 valence electrons. The summed E-state index contributed by atoms with van der Waals surface area (Å²) in [6.07, 6.45) is 7.17. The molecule has 0 aromatic heterocycles. The van der Waals surface area contributed by atoms with E-state index in [1.54, 1.807) is 4.90 Å². The first-order valence-corrected chi connectivity index (χ1v) is 13.5. The highest BCUT2D eigenvalue weighted by Gasteiger charge is 2.72. The summed E-state index contributed by atoms with van der Waals surface area (Å²) in [5, 5.41) is 6.30. The second-order valence-electron chi connectivity index (χ2n) is 11.4. The third kappa shape index (κ3) is 3.87. The van der Waals surface area contributed by atoms with Gasteiger partial charge < -0.3 is 20.3 Å². The Kier molecular flexibility index (Phi) is 6.48. The van der Waals surface area contributed by atoms with Crippen LogP contribution in [-0.2, 0) is 19.1 Å². The Morgan fingerprint density at radius 1 is 1.14 bits per heavy atom. The van der Waals surface area contributed by atoms with Gasteiger partial charge in [0.25, 0.3) is 0 Å². The average molecular weight is 494 g/mol. The Morgan fingerprint density at radius 3 is 2.64 bits per heavy atom. The van der Waals surface area contributed by atoms with Gasteiger partial charge in [-0.2, -0.15) is 0 Å². The molecule has 4 aliphatic rings. The Balaban J connectivity index is 1.42. The molecule has 7 nitrogen and oxygen atoms in total. The second-order valence-corrected chi connectivity index (χ2v) is 11.4. The number of rotatable bonds is 6. The van der Waals surface area contributed by atoms with Gasteiger partial charge >= 0.3 is 0 Å². The molecule has 36 heavy (non-hydrogen) atoms. The van der Waals surface area contributed by atoms with Crippen LogP contribution in [0.25, 0.3) is 0 Å². The third-order valence-electron chi connectivity index (χ3n) is 9.20. The number of fused-ring (bicyclic) bond motifs is 1. The molecule has 5 rings (SSSR count). The first kappa shape index (κ1) is 25.0. The Bertz CT molecular complexity index is 1100. The third-order valence-corrected chi connectivity index (χ3v) is 9.20. The molecule has 3 fully saturated rings. The summed E-state index contributed by atoms with van der Waals surface area (Å²) >= 11 is 0. The number of nitrogens with zero attached hydrogens (tertiary/aromatic N) is 1. The van der Waals surface area contributed by atoms with Crippen LogP contribution in [0.1, 0.15) is 57.6 Å². The molecule has 1 aromatic rings. The van der Waals surface area contributed by atoms with Crippen molar-refractivity contribution in [2.24, 2.45) is 23.7 Å². The predicted octanol–water partition coefficient (Wildman–Crippen LogP) is 3.74. The maximum atomic E-state index is 13.8. The minimum Gasteiger partial charge on any atom is -0.359 e. The molecule has 8 atom stereocenters. The van der Waals surface area contributed by atoms with E-state index in [4.69, 9.17) is 4.74 Å². The van der Waals surface area contributed by atoms with E-state index in [9.17, 15) is 14.4 Å². The zero-order valence-corrected chi connectivity index (χ0v) is 22.0. The highest BCUT2D eigenvalue weighted by molar-refractivity contribution is 6.02. The van der Waals surface area contributed by atoms with Gasteiger partial charge in [-0.1, -0.05) is 51.8 Å². The normalized spacial score (nSPS) is 36.8. The van der Waals surface area contributed by atoms with Gasteiger partial charge in [0.15, 0.2) is 0 Å². The summed E-state index contributed by atoms with van der Waals surface area (Å²) in [7, 11) is 0. The summed E-state index contributed by atoms with van der Waals surface area (Å²) < 4.78 is 6.42. The number of likely N-dealkylation sites (tertiary alicyclic amines) is 1. The van der Waals surface area contributed by atoms with Crippen molar-refractivity contribution in [3.05, 3.63) is 41.5 Å². The summed E-state index contributed by atoms with van der Waals surface area (Å²) in [5.41, 5.74) is 1.84. The van der Waals surface area contributed by atoms with Gasteiger partial charge in [0.1, 0.15) is 11.6 Å². The van der Waals surface area contributed by atoms with Crippen LogP contribution in [0.5, 0.6) is 0 Å². The fourth-order valence-corrected chi connectivity index (χ4v) is 6.84. The van der Waals surface area contributed by atoms with Crippen LogP contribution >= 0.6 is 0 Å². The molecule has 0 radical (unpaired) electrons. The van der Waals surface area contributed by atoms with Gasteiger partial charge in [-0.3, -0.25) is 14.4 Å². The molecule has 3 aliphatic heterocycles. The number of hydrogen-bond acceptors (Lipinski definition) is 4. The van der Waals surface area contributed by atoms with Crippen LogP contribution in [0.3, 0.4) is 0 Å². The molecule has 1 saturated carbocycles. The van der Waals surface area contributed by atoms with E-state index in [1.807, 2.05) is 51.1 Å². The smallest absolute Gasteiger partial charge is 0.246 e. The van der Waals surface area contributed by atoms with Crippen molar-refractivity contribution >= 4 is 23.4 Å². The fraction of sp³-hybridized carbons (Fsp3) is 0.621. The highest BCUT2D eigenvalue weighted by atomic mass is 16.5. The number of aryl methyl sites for hydroxylation is 2. The van der Waals surface area contributed by atoms with Crippen molar-refractivity contribution in [2.75, 3.05) is 11.9 Å². The van der Waals surface area contributed by atoms with Crippen LogP contribution in [-0.4, -0.2) is 53.0 Å². The average Bonchev–Trinajstić information content (AvgIpc) is 3.47. The zero-order valence-electron chi connectivity index (χ0n) is 22.0. The van der Waals surface area contributed by atoms with Gasteiger partial charge in [0.2, 0.25) is 17.7 Å². The molecular formula is C29H39N3O4. The largest absolute Gasteiger partial charge is 0.359 e. The number of benzene rings is 1. The SMILES string of the molecule is CCCN1C(=O)[C@@H]2[C@H](C(=O)Nc3ccc(C)c(C)c3)[C@@H]3C=C[C@@]2(O3)[C@@H]1C(=O)N[C@@H]1CCC[C@H](C)[C@H]1C. The highest BCUT2D eigenvalue weighted by Crippen LogP contribution is 2.55. The maximum absolute atomic E-state index is 13.8. The number of amides is 3. The molecule has 1 spiro atoms. The monoisotopic (exact) mass is 493 g/mol. The van der Waals surface area contributed by atoms with Crippen molar-refractivity contribution in [3.63, 3.8) is 0 Å². The number of carbonyl (C=O) groups is 3. The molecule has 2 saturated heterocycles. The lowest BCUT2D eigenvalue weighted by molar-refractivity contribution is -0.141. The Hall–Kier alpha value is -2.67. The topological polar surface area (TPSA) is 87.7 Å². The number of anilines is 1. The van der Waals surface area contributed by atoms with Crippen LogP contribution in [0, 0.1) is 37.5 Å². The molecule has 0 unspecified atom stereocenters. The van der Waals surface area contributed by atoms with E-state index in [0.29, 0.717) is 24.1 Å². The molecule has 7 heteroatoms. The lowest BCUT2D eigenvalue weighted by Crippen LogP contribution is -2.57. The number of nitrogens with one attached hydrogen (secondary N) is 2. The van der Waals surface area contributed by atoms with Gasteiger partial charge in [-0.15, -0.1) is 0 Å². The van der Waals surface area contributed by atoms with E-state index in [0.717, 1.165) is 30.4 Å². The van der Waals surface area contributed by atoms with Crippen molar-refractivity contribution in [2.45, 2.75) is 84.1 Å². The molecule has 3 heterocycles. The van der Waals surface area contributed by atoms with E-state index >= 15 is 0 Å². The zero-order chi connectivity index (χ0) is 25.8. The minimum absolute atomic E-state index is 0.0849. The number of hydrogen-bond donors (Lipinski definition) is 2. The van der Waals surface area contributed by atoms with Gasteiger partial charge in [0.05, 0.1) is 17.9 Å². The molecule has 2 N–H and O–H groups in total. The molecule has 1 aromatic carbocycles. The van der Waals surface area contributed by atoms with E-state index in [-0.39, 0.29) is 23.8 Å². The Morgan fingerprint density at radius 2 is 1.92 bits per heavy atom. The Labute approximate surface area is 214 Å². The van der Waals surface area contributed by atoms with E-state index in [1.165, 1.54) is 6.42 Å². The molecule has 1 aliphatic carbocycles. The van der Waals surface area contributed by atoms with Gasteiger partial charge in [-0.05, 0) is 61.8 Å². The minimum atomic E-state index is -1.10. The standard InChI is InChI=1S/C29H39N3O4/c1-6-14-32-25(27(34)31-21-9-7-8-17(3)19(21)5)29-13-12-22(36-29)23(24(29)28(32)35)26(33)30-20-11-10-16(2)18(4)15-20/h10-13,15,17,19,21-25H,6-9,14H2,1-5H3,(H,30,33)(H,31,34)/t17-,19+,21+,22-,23+,24-,25-,29-/m0/s1. The summed E-state index contributed by atoms with van der Waals surface area (Å²) in [6.45, 7) is 10.9. The first-order valence-electron chi connectivity index (χ1n) is 13.5. The molecular weight excluding hydrogens is 454 g/mol. The van der Waals surface area contributed by atoms with Crippen molar-refractivity contribution in [3.8, 4) is 0 Å². The quantitative estimate of drug-likeness (QED) is 0.591. The summed E-state index contributed by atoms with van der Waals surface area (Å²) in [4.78, 5) is 42.8. The first-order chi connectivity index (χ1) is 17.2. The summed E-state index contributed by atoms with van der Waals surface area (Å²) in [5.74, 6) is -1.01. The number of ether oxygens (including phenoxy) is 1. The lowest BCUT2D eigenvalue weighted by Gasteiger charge is -2.38. The van der Waals surface area contributed by atoms with Crippen molar-refractivity contribution in [1.29, 1.82) is 0 Å². The maximum Gasteiger partial charge on any atom is 0.246 e. The van der Waals surface area contributed by atoms with Crippen LogP contribution in [0.4, 0.5) is 5.69 Å².